The average Bonchev–Trinajstić information content (AvgIpc) is 2.72. The lowest BCUT2D eigenvalue weighted by Gasteiger charge is -2.10. The van der Waals surface area contributed by atoms with Gasteiger partial charge >= 0.3 is 0 Å². The predicted molar refractivity (Wildman–Crippen MR) is 82.9 cm³/mol. The Balaban J connectivity index is 2.24. The average molecular weight is 309 g/mol. The first kappa shape index (κ1) is 14.6. The highest BCUT2D eigenvalue weighted by Crippen LogP contribution is 2.72. The van der Waals surface area contributed by atoms with Gasteiger partial charge in [0.05, 0.1) is 7.11 Å². The molecule has 0 N–H and O–H groups in total. The molecule has 1 fully saturated rings. The number of aryl methyl sites for hydroxylation is 1. The van der Waals surface area contributed by atoms with Crippen molar-refractivity contribution in [1.29, 1.82) is 0 Å². The van der Waals surface area contributed by atoms with Gasteiger partial charge in [0.25, 0.3) is 0 Å². The molecule has 1 aliphatic carbocycles. The first-order chi connectivity index (χ1) is 9.86. The van der Waals surface area contributed by atoms with Gasteiger partial charge in [0.15, 0.2) is 11.2 Å². The molecule has 6 heteroatoms. The Morgan fingerprint density at radius 2 is 1.90 bits per heavy atom. The molecule has 1 saturated carbocycles. The van der Waals surface area contributed by atoms with E-state index in [-0.39, 0.29) is 10.8 Å². The third kappa shape index (κ3) is 1.86. The van der Waals surface area contributed by atoms with Gasteiger partial charge in [-0.2, -0.15) is 4.98 Å². The Labute approximate surface area is 129 Å². The molecule has 0 bridgehead atoms. The SMILES string of the molecule is COc1ncnc2c1nc(CCCl)n2C1C(C)(C)C1(C)C. The summed E-state index contributed by atoms with van der Waals surface area (Å²) in [6.45, 7) is 9.14. The van der Waals surface area contributed by atoms with Crippen LogP contribution in [-0.4, -0.2) is 32.5 Å². The number of nitrogens with zero attached hydrogens (tertiary/aromatic N) is 4. The Hall–Kier alpha value is -1.36. The number of imidazole rings is 1. The van der Waals surface area contributed by atoms with Crippen LogP contribution in [0.4, 0.5) is 0 Å². The Bertz CT molecular complexity index is 678. The van der Waals surface area contributed by atoms with Crippen LogP contribution < -0.4 is 4.74 Å². The minimum atomic E-state index is 0.194. The maximum atomic E-state index is 5.96. The van der Waals surface area contributed by atoms with E-state index in [2.05, 4.69) is 42.2 Å². The topological polar surface area (TPSA) is 52.8 Å². The quantitative estimate of drug-likeness (QED) is 0.814. The van der Waals surface area contributed by atoms with Crippen molar-refractivity contribution in [3.63, 3.8) is 0 Å². The second-order valence-electron chi connectivity index (χ2n) is 6.74. The molecular formula is C15H21ClN4O. The molecule has 0 amide bonds. The second-order valence-corrected chi connectivity index (χ2v) is 7.12. The molecule has 1 aliphatic rings. The van der Waals surface area contributed by atoms with Crippen LogP contribution in [0.3, 0.4) is 0 Å². The van der Waals surface area contributed by atoms with Crippen LogP contribution in [0.1, 0.15) is 39.6 Å². The number of methoxy groups -OCH3 is 1. The molecule has 0 unspecified atom stereocenters. The molecule has 5 nitrogen and oxygen atoms in total. The van der Waals surface area contributed by atoms with E-state index in [9.17, 15) is 0 Å². The zero-order valence-electron chi connectivity index (χ0n) is 13.1. The van der Waals surface area contributed by atoms with Crippen LogP contribution in [0.5, 0.6) is 5.88 Å². The maximum absolute atomic E-state index is 5.96. The lowest BCUT2D eigenvalue weighted by Crippen LogP contribution is -2.08. The number of halogens is 1. The van der Waals surface area contributed by atoms with Gasteiger partial charge in [0.2, 0.25) is 5.88 Å². The molecule has 0 aliphatic heterocycles. The van der Waals surface area contributed by atoms with Crippen molar-refractivity contribution in [2.75, 3.05) is 13.0 Å². The summed E-state index contributed by atoms with van der Waals surface area (Å²) in [5.74, 6) is 2.01. The zero-order valence-corrected chi connectivity index (χ0v) is 13.9. The molecule has 0 atom stereocenters. The third-order valence-electron chi connectivity index (χ3n) is 5.23. The fourth-order valence-corrected chi connectivity index (χ4v) is 3.59. The van der Waals surface area contributed by atoms with E-state index in [0.717, 1.165) is 17.0 Å². The van der Waals surface area contributed by atoms with Gasteiger partial charge in [-0.3, -0.25) is 0 Å². The fourth-order valence-electron chi connectivity index (χ4n) is 3.42. The zero-order chi connectivity index (χ0) is 15.4. The van der Waals surface area contributed by atoms with Crippen LogP contribution >= 0.6 is 11.6 Å². The Kier molecular flexibility index (Phi) is 3.17. The number of hydrogen-bond acceptors (Lipinski definition) is 4. The van der Waals surface area contributed by atoms with Crippen molar-refractivity contribution in [2.45, 2.75) is 40.2 Å². The van der Waals surface area contributed by atoms with Crippen LogP contribution in [0.25, 0.3) is 11.2 Å². The molecule has 0 radical (unpaired) electrons. The van der Waals surface area contributed by atoms with E-state index in [4.69, 9.17) is 21.3 Å². The first-order valence-corrected chi connectivity index (χ1v) is 7.71. The van der Waals surface area contributed by atoms with E-state index in [1.807, 2.05) is 0 Å². The summed E-state index contributed by atoms with van der Waals surface area (Å²) in [6, 6.07) is 0.354. The van der Waals surface area contributed by atoms with E-state index < -0.39 is 0 Å². The molecule has 3 rings (SSSR count). The van der Waals surface area contributed by atoms with Gasteiger partial charge in [-0.05, 0) is 10.8 Å². The predicted octanol–water partition coefficient (Wildman–Crippen LogP) is 3.22. The summed E-state index contributed by atoms with van der Waals surface area (Å²) in [6.07, 6.45) is 2.25. The number of aromatic nitrogens is 4. The highest BCUT2D eigenvalue weighted by atomic mass is 35.5. The summed E-state index contributed by atoms with van der Waals surface area (Å²) < 4.78 is 7.56. The fraction of sp³-hybridized carbons (Fsp3) is 0.667. The lowest BCUT2D eigenvalue weighted by molar-refractivity contribution is 0.401. The van der Waals surface area contributed by atoms with Crippen LogP contribution in [0, 0.1) is 10.8 Å². The molecule has 0 spiro atoms. The summed E-state index contributed by atoms with van der Waals surface area (Å²) in [5, 5.41) is 0. The molecule has 2 aromatic rings. The molecular weight excluding hydrogens is 288 g/mol. The van der Waals surface area contributed by atoms with Crippen LogP contribution in [0.2, 0.25) is 0 Å². The van der Waals surface area contributed by atoms with Gasteiger partial charge in [-0.1, -0.05) is 27.7 Å². The number of hydrogen-bond donors (Lipinski definition) is 0. The van der Waals surface area contributed by atoms with E-state index in [1.54, 1.807) is 7.11 Å². The number of fused-ring (bicyclic) bond motifs is 1. The van der Waals surface area contributed by atoms with Crippen molar-refractivity contribution in [1.82, 2.24) is 19.5 Å². The van der Waals surface area contributed by atoms with Crippen LogP contribution in [0.15, 0.2) is 6.33 Å². The van der Waals surface area contributed by atoms with E-state index in [0.29, 0.717) is 24.2 Å². The van der Waals surface area contributed by atoms with Crippen molar-refractivity contribution in [3.8, 4) is 5.88 Å². The van der Waals surface area contributed by atoms with Crippen molar-refractivity contribution < 1.29 is 4.74 Å². The molecule has 2 heterocycles. The Morgan fingerprint density at radius 1 is 1.24 bits per heavy atom. The standard InChI is InChI=1S/C15H21ClN4O/c1-14(2)13(15(14,3)4)20-9(6-7-16)19-10-11(20)17-8-18-12(10)21-5/h8,13H,6-7H2,1-5H3. The van der Waals surface area contributed by atoms with Crippen molar-refractivity contribution in [3.05, 3.63) is 12.2 Å². The minimum absolute atomic E-state index is 0.194. The number of rotatable bonds is 4. The Morgan fingerprint density at radius 3 is 2.43 bits per heavy atom. The lowest BCUT2D eigenvalue weighted by atomic mass is 10.0. The summed E-state index contributed by atoms with van der Waals surface area (Å²) in [5.41, 5.74) is 1.95. The van der Waals surface area contributed by atoms with Crippen molar-refractivity contribution >= 4 is 22.8 Å². The molecule has 0 aromatic carbocycles. The van der Waals surface area contributed by atoms with Gasteiger partial charge < -0.3 is 9.30 Å². The molecule has 114 valence electrons. The van der Waals surface area contributed by atoms with Gasteiger partial charge in [0.1, 0.15) is 12.2 Å². The summed E-state index contributed by atoms with van der Waals surface area (Å²) in [4.78, 5) is 13.3. The highest BCUT2D eigenvalue weighted by molar-refractivity contribution is 6.17. The van der Waals surface area contributed by atoms with Gasteiger partial charge in [0, 0.05) is 18.3 Å². The molecule has 2 aromatic heterocycles. The largest absolute Gasteiger partial charge is 0.479 e. The number of ether oxygens (including phenoxy) is 1. The van der Waals surface area contributed by atoms with Crippen LogP contribution in [-0.2, 0) is 6.42 Å². The summed E-state index contributed by atoms with van der Waals surface area (Å²) >= 11 is 5.96. The normalized spacial score (nSPS) is 19.9. The first-order valence-electron chi connectivity index (χ1n) is 7.18. The van der Waals surface area contributed by atoms with Gasteiger partial charge in [-0.15, -0.1) is 11.6 Å². The number of alkyl halides is 1. The summed E-state index contributed by atoms with van der Waals surface area (Å²) in [7, 11) is 1.60. The third-order valence-corrected chi connectivity index (χ3v) is 5.42. The minimum Gasteiger partial charge on any atom is -0.479 e. The smallest absolute Gasteiger partial charge is 0.245 e. The van der Waals surface area contributed by atoms with Gasteiger partial charge in [-0.25, -0.2) is 9.97 Å². The van der Waals surface area contributed by atoms with Crippen molar-refractivity contribution in [2.24, 2.45) is 10.8 Å². The second kappa shape index (κ2) is 4.57. The monoisotopic (exact) mass is 308 g/mol. The molecule has 21 heavy (non-hydrogen) atoms. The molecule has 0 saturated heterocycles. The maximum Gasteiger partial charge on any atom is 0.245 e. The highest BCUT2D eigenvalue weighted by Gasteiger charge is 2.66. The van der Waals surface area contributed by atoms with E-state index in [1.165, 1.54) is 6.33 Å². The van der Waals surface area contributed by atoms with E-state index >= 15 is 0 Å².